The van der Waals surface area contributed by atoms with Gasteiger partial charge in [-0.3, -0.25) is 9.78 Å². The van der Waals surface area contributed by atoms with Crippen molar-refractivity contribution in [2.45, 2.75) is 12.5 Å². The topological polar surface area (TPSA) is 68.7 Å². The zero-order chi connectivity index (χ0) is 13.7. The third-order valence-electron chi connectivity index (χ3n) is 2.94. The minimum atomic E-state index is -0.688. The number of morpholine rings is 1. The van der Waals surface area contributed by atoms with Crippen LogP contribution in [0.2, 0.25) is 0 Å². The molecule has 1 atom stereocenters. The second-order valence-electron chi connectivity index (χ2n) is 4.22. The van der Waals surface area contributed by atoms with Crippen molar-refractivity contribution in [3.63, 3.8) is 0 Å². The summed E-state index contributed by atoms with van der Waals surface area (Å²) in [5.74, 6) is -0.508. The van der Waals surface area contributed by atoms with E-state index in [1.165, 1.54) is 7.11 Å². The van der Waals surface area contributed by atoms with E-state index in [-0.39, 0.29) is 18.9 Å². The molecule has 0 aliphatic carbocycles. The number of methoxy groups -OCH3 is 1. The number of nitrogens with zero attached hydrogens (tertiary/aromatic N) is 2. The molecule has 6 heteroatoms. The summed E-state index contributed by atoms with van der Waals surface area (Å²) >= 11 is 0. The minimum Gasteiger partial charge on any atom is -0.467 e. The quantitative estimate of drug-likeness (QED) is 0.720. The molecule has 1 unspecified atom stereocenters. The number of pyridine rings is 1. The molecule has 0 saturated carbocycles. The maximum absolute atomic E-state index is 12.1. The van der Waals surface area contributed by atoms with E-state index in [1.54, 1.807) is 23.2 Å². The lowest BCUT2D eigenvalue weighted by atomic mass is 10.2. The molecule has 0 spiro atoms. The van der Waals surface area contributed by atoms with Gasteiger partial charge < -0.3 is 14.4 Å². The van der Waals surface area contributed by atoms with Crippen molar-refractivity contribution in [3.8, 4) is 0 Å². The van der Waals surface area contributed by atoms with Crippen LogP contribution in [0.15, 0.2) is 24.4 Å². The fourth-order valence-corrected chi connectivity index (χ4v) is 1.92. The summed E-state index contributed by atoms with van der Waals surface area (Å²) in [6, 6.07) is 5.44. The molecule has 1 aromatic heterocycles. The molecular weight excluding hydrogens is 248 g/mol. The van der Waals surface area contributed by atoms with Crippen LogP contribution >= 0.6 is 0 Å². The lowest BCUT2D eigenvalue weighted by Crippen LogP contribution is -2.49. The van der Waals surface area contributed by atoms with Crippen molar-refractivity contribution in [2.24, 2.45) is 0 Å². The predicted molar refractivity (Wildman–Crippen MR) is 66.3 cm³/mol. The molecule has 2 rings (SSSR count). The summed E-state index contributed by atoms with van der Waals surface area (Å²) in [6.07, 6.45) is 1.19. The van der Waals surface area contributed by atoms with Gasteiger partial charge in [-0.25, -0.2) is 4.79 Å². The first kappa shape index (κ1) is 13.5. The Morgan fingerprint density at radius 1 is 1.53 bits per heavy atom. The lowest BCUT2D eigenvalue weighted by Gasteiger charge is -2.31. The Labute approximate surface area is 111 Å². The van der Waals surface area contributed by atoms with Crippen molar-refractivity contribution in [2.75, 3.05) is 26.8 Å². The Morgan fingerprint density at radius 3 is 3.05 bits per heavy atom. The van der Waals surface area contributed by atoms with E-state index in [1.807, 2.05) is 6.07 Å². The highest BCUT2D eigenvalue weighted by Gasteiger charge is 2.29. The smallest absolute Gasteiger partial charge is 0.336 e. The van der Waals surface area contributed by atoms with E-state index in [4.69, 9.17) is 4.74 Å². The maximum atomic E-state index is 12.1. The van der Waals surface area contributed by atoms with Crippen LogP contribution in [0, 0.1) is 0 Å². The summed E-state index contributed by atoms with van der Waals surface area (Å²) in [6.45, 7) is 1.06. The Bertz CT molecular complexity index is 449. The molecule has 1 aliphatic rings. The fourth-order valence-electron chi connectivity index (χ4n) is 1.92. The molecule has 1 saturated heterocycles. The van der Waals surface area contributed by atoms with Crippen LogP contribution in [-0.2, 0) is 25.5 Å². The minimum absolute atomic E-state index is 0.0593. The third-order valence-corrected chi connectivity index (χ3v) is 2.94. The van der Waals surface area contributed by atoms with Gasteiger partial charge in [-0.2, -0.15) is 0 Å². The number of carbonyl (C=O) groups excluding carboxylic acids is 2. The van der Waals surface area contributed by atoms with Gasteiger partial charge in [0.2, 0.25) is 5.91 Å². The maximum Gasteiger partial charge on any atom is 0.336 e. The van der Waals surface area contributed by atoms with Crippen molar-refractivity contribution in [1.82, 2.24) is 9.88 Å². The summed E-state index contributed by atoms with van der Waals surface area (Å²) in [7, 11) is 1.31. The molecule has 1 fully saturated rings. The van der Waals surface area contributed by atoms with Gasteiger partial charge in [0.05, 0.1) is 26.7 Å². The van der Waals surface area contributed by atoms with Crippen molar-refractivity contribution >= 4 is 11.9 Å². The fraction of sp³-hybridized carbons (Fsp3) is 0.462. The second-order valence-corrected chi connectivity index (χ2v) is 4.22. The Balaban J connectivity index is 1.94. The number of hydrogen-bond donors (Lipinski definition) is 0. The van der Waals surface area contributed by atoms with Gasteiger partial charge in [0, 0.05) is 18.4 Å². The summed E-state index contributed by atoms with van der Waals surface area (Å²) in [5, 5.41) is 0. The second kappa shape index (κ2) is 6.29. The molecule has 0 aromatic carbocycles. The van der Waals surface area contributed by atoms with Crippen LogP contribution in [0.4, 0.5) is 0 Å². The largest absolute Gasteiger partial charge is 0.467 e. The summed E-state index contributed by atoms with van der Waals surface area (Å²) in [4.78, 5) is 29.2. The molecule has 2 heterocycles. The molecule has 102 valence electrons. The number of rotatable bonds is 3. The van der Waals surface area contributed by atoms with E-state index in [9.17, 15) is 9.59 Å². The van der Waals surface area contributed by atoms with Crippen LogP contribution < -0.4 is 0 Å². The van der Waals surface area contributed by atoms with Crippen LogP contribution in [0.5, 0.6) is 0 Å². The Morgan fingerprint density at radius 2 is 2.37 bits per heavy atom. The first-order chi connectivity index (χ1) is 9.20. The van der Waals surface area contributed by atoms with Gasteiger partial charge in [0.1, 0.15) is 0 Å². The van der Waals surface area contributed by atoms with E-state index < -0.39 is 12.1 Å². The molecular formula is C13H16N2O4. The van der Waals surface area contributed by atoms with E-state index in [2.05, 4.69) is 9.72 Å². The first-order valence-electron chi connectivity index (χ1n) is 6.08. The van der Waals surface area contributed by atoms with Crippen molar-refractivity contribution in [3.05, 3.63) is 30.1 Å². The van der Waals surface area contributed by atoms with Gasteiger partial charge in [-0.05, 0) is 12.1 Å². The highest BCUT2D eigenvalue weighted by molar-refractivity contribution is 5.80. The van der Waals surface area contributed by atoms with Crippen LogP contribution in [0.25, 0.3) is 0 Å². The van der Waals surface area contributed by atoms with E-state index >= 15 is 0 Å². The Kier molecular flexibility index (Phi) is 4.46. The molecule has 6 nitrogen and oxygen atoms in total. The molecule has 1 aliphatic heterocycles. The molecule has 0 N–H and O–H groups in total. The molecule has 0 radical (unpaired) electrons. The zero-order valence-electron chi connectivity index (χ0n) is 10.7. The van der Waals surface area contributed by atoms with Crippen LogP contribution in [0.3, 0.4) is 0 Å². The average Bonchev–Trinajstić information content (AvgIpc) is 2.47. The summed E-state index contributed by atoms with van der Waals surface area (Å²) < 4.78 is 9.90. The van der Waals surface area contributed by atoms with Crippen molar-refractivity contribution < 1.29 is 19.1 Å². The number of amides is 1. The number of esters is 1. The van der Waals surface area contributed by atoms with Gasteiger partial charge in [0.25, 0.3) is 0 Å². The lowest BCUT2D eigenvalue weighted by molar-refractivity contribution is -0.162. The highest BCUT2D eigenvalue weighted by atomic mass is 16.6. The SMILES string of the molecule is COC(=O)C1CN(C(=O)Cc2ccccn2)CCO1. The normalized spacial score (nSPS) is 19.0. The number of hydrogen-bond acceptors (Lipinski definition) is 5. The number of ether oxygens (including phenoxy) is 2. The highest BCUT2D eigenvalue weighted by Crippen LogP contribution is 2.09. The first-order valence-corrected chi connectivity index (χ1v) is 6.08. The number of carbonyl (C=O) groups is 2. The third kappa shape index (κ3) is 3.51. The monoisotopic (exact) mass is 264 g/mol. The summed E-state index contributed by atoms with van der Waals surface area (Å²) in [5.41, 5.74) is 0.716. The zero-order valence-corrected chi connectivity index (χ0v) is 10.7. The van der Waals surface area contributed by atoms with Gasteiger partial charge >= 0.3 is 5.97 Å². The van der Waals surface area contributed by atoms with Gasteiger partial charge in [0.15, 0.2) is 6.10 Å². The van der Waals surface area contributed by atoms with Gasteiger partial charge in [-0.15, -0.1) is 0 Å². The molecule has 1 aromatic rings. The van der Waals surface area contributed by atoms with Crippen LogP contribution in [0.1, 0.15) is 5.69 Å². The van der Waals surface area contributed by atoms with Crippen LogP contribution in [-0.4, -0.2) is 54.7 Å². The Hall–Kier alpha value is -1.95. The van der Waals surface area contributed by atoms with Crippen molar-refractivity contribution in [1.29, 1.82) is 0 Å². The molecule has 19 heavy (non-hydrogen) atoms. The van der Waals surface area contributed by atoms with E-state index in [0.29, 0.717) is 18.8 Å². The molecule has 0 bridgehead atoms. The van der Waals surface area contributed by atoms with E-state index in [0.717, 1.165) is 0 Å². The van der Waals surface area contributed by atoms with Gasteiger partial charge in [-0.1, -0.05) is 6.07 Å². The number of aromatic nitrogens is 1. The predicted octanol–water partition coefficient (Wildman–Crippen LogP) is 0.0245. The average molecular weight is 264 g/mol. The standard InChI is InChI=1S/C13H16N2O4/c1-18-13(17)11-9-15(6-7-19-11)12(16)8-10-4-2-3-5-14-10/h2-5,11H,6-9H2,1H3. The molecule has 1 amide bonds.